The normalized spacial score (nSPS) is 26.4. The fourth-order valence-corrected chi connectivity index (χ4v) is 11.7. The van der Waals surface area contributed by atoms with Crippen LogP contribution in [0.4, 0.5) is 5.69 Å². The second kappa shape index (κ2) is 12.8. The Morgan fingerprint density at radius 3 is 2.49 bits per heavy atom. The van der Waals surface area contributed by atoms with Gasteiger partial charge in [-0.2, -0.15) is 0 Å². The zero-order valence-corrected chi connectivity index (χ0v) is 28.1. The van der Waals surface area contributed by atoms with Crippen LogP contribution in [0.1, 0.15) is 48.5 Å². The van der Waals surface area contributed by atoms with Gasteiger partial charge in [-0.1, -0.05) is 66.3 Å². The number of imide groups is 1. The predicted molar refractivity (Wildman–Crippen MR) is 186 cm³/mol. The highest BCUT2D eigenvalue weighted by Crippen LogP contribution is 2.69. The molecule has 3 heterocycles. The third kappa shape index (κ3) is 5.64. The lowest BCUT2D eigenvalue weighted by atomic mass is 9.68. The molecule has 4 aromatic rings. The minimum absolute atomic E-state index is 0.00126. The van der Waals surface area contributed by atoms with Gasteiger partial charge in [-0.05, 0) is 66.0 Å². The SMILES string of the molecule is O=C(O)CCCCCN1C(=O)C2C3CC(C2C1=O)C1C3Sc2[nH]c(=O)sc2[C@@H]1c1ccccc1OCC(=O)Nc1ccc2ccccc2c1. The molecule has 4 aliphatic rings. The quantitative estimate of drug-likeness (QED) is 0.133. The van der Waals surface area contributed by atoms with Crippen LogP contribution in [0.5, 0.6) is 5.75 Å². The summed E-state index contributed by atoms with van der Waals surface area (Å²) in [5, 5.41) is 14.8. The number of hydrogen-bond donors (Lipinski definition) is 3. The number of ether oxygens (including phenoxy) is 1. The third-order valence-corrected chi connectivity index (χ3v) is 13.3. The number of carbonyl (C=O) groups is 4. The Labute approximate surface area is 290 Å². The highest BCUT2D eigenvalue weighted by Gasteiger charge is 2.69. The van der Waals surface area contributed by atoms with E-state index < -0.39 is 11.9 Å². The van der Waals surface area contributed by atoms with Crippen molar-refractivity contribution in [3.63, 3.8) is 0 Å². The van der Waals surface area contributed by atoms with E-state index in [-0.39, 0.29) is 70.5 Å². The fraction of sp³-hybridized carbons (Fsp3) is 0.378. The number of rotatable bonds is 11. The lowest BCUT2D eigenvalue weighted by Gasteiger charge is -2.43. The molecule has 0 spiro atoms. The summed E-state index contributed by atoms with van der Waals surface area (Å²) < 4.78 is 6.21. The predicted octanol–water partition coefficient (Wildman–Crippen LogP) is 5.73. The zero-order valence-electron chi connectivity index (χ0n) is 26.5. The number of fused-ring (bicyclic) bond motifs is 10. The molecule has 49 heavy (non-hydrogen) atoms. The minimum atomic E-state index is -0.847. The number of amides is 3. The molecule has 3 fully saturated rings. The first-order valence-electron chi connectivity index (χ1n) is 16.8. The first-order chi connectivity index (χ1) is 23.8. The fourth-order valence-electron chi connectivity index (χ4n) is 8.85. The number of likely N-dealkylation sites (tertiary alicyclic amines) is 1. The van der Waals surface area contributed by atoms with E-state index in [1.54, 1.807) is 11.8 Å². The second-order valence-corrected chi connectivity index (χ2v) is 15.6. The number of carboxylic acid groups (broad SMARTS) is 1. The summed E-state index contributed by atoms with van der Waals surface area (Å²) in [5.41, 5.74) is 1.54. The van der Waals surface area contributed by atoms with Gasteiger partial charge in [0.15, 0.2) is 6.61 Å². The lowest BCUT2D eigenvalue weighted by molar-refractivity contribution is -0.141. The van der Waals surface area contributed by atoms with Crippen molar-refractivity contribution in [1.82, 2.24) is 9.88 Å². The topological polar surface area (TPSA) is 146 Å². The van der Waals surface area contributed by atoms with Crippen molar-refractivity contribution in [3.8, 4) is 5.75 Å². The average molecular weight is 698 g/mol. The Bertz CT molecular complexity index is 2040. The molecule has 1 aromatic heterocycles. The van der Waals surface area contributed by atoms with Crippen molar-refractivity contribution < 1.29 is 29.0 Å². The summed E-state index contributed by atoms with van der Waals surface area (Å²) in [6.45, 7) is 0.106. The number of thiazole rings is 1. The molecule has 6 unspecified atom stereocenters. The van der Waals surface area contributed by atoms with Crippen LogP contribution >= 0.6 is 23.1 Å². The number of carboxylic acids is 1. The summed E-state index contributed by atoms with van der Waals surface area (Å²) in [4.78, 5) is 69.5. The molecule has 7 atom stereocenters. The molecular formula is C37H35N3O7S2. The highest BCUT2D eigenvalue weighted by atomic mass is 32.2. The van der Waals surface area contributed by atoms with Gasteiger partial charge in [0, 0.05) is 40.3 Å². The number of nitrogens with zero attached hydrogens (tertiary/aromatic N) is 1. The minimum Gasteiger partial charge on any atom is -0.483 e. The smallest absolute Gasteiger partial charge is 0.305 e. The van der Waals surface area contributed by atoms with Gasteiger partial charge in [0.25, 0.3) is 5.91 Å². The number of H-pyrrole nitrogens is 1. The summed E-state index contributed by atoms with van der Waals surface area (Å²) in [6, 6.07) is 21.3. The van der Waals surface area contributed by atoms with Crippen molar-refractivity contribution in [2.24, 2.45) is 29.6 Å². The van der Waals surface area contributed by atoms with Crippen molar-refractivity contribution in [3.05, 3.63) is 86.8 Å². The molecule has 2 aliphatic carbocycles. The zero-order chi connectivity index (χ0) is 33.8. The maximum Gasteiger partial charge on any atom is 0.305 e. The van der Waals surface area contributed by atoms with Crippen LogP contribution in [-0.2, 0) is 19.2 Å². The van der Waals surface area contributed by atoms with E-state index in [0.29, 0.717) is 37.2 Å². The molecular weight excluding hydrogens is 663 g/mol. The molecule has 1 saturated heterocycles. The number of thioether (sulfide) groups is 1. The van der Waals surface area contributed by atoms with Crippen molar-refractivity contribution in [2.75, 3.05) is 18.5 Å². The Hall–Kier alpha value is -4.42. The number of anilines is 1. The Kier molecular flexibility index (Phi) is 8.31. The molecule has 3 aromatic carbocycles. The number of aliphatic carboxylic acids is 1. The van der Waals surface area contributed by atoms with E-state index in [4.69, 9.17) is 9.84 Å². The van der Waals surface area contributed by atoms with Crippen LogP contribution in [0.2, 0.25) is 0 Å². The number of hydrogen-bond acceptors (Lipinski definition) is 8. The average Bonchev–Trinajstić information content (AvgIpc) is 3.83. The summed E-state index contributed by atoms with van der Waals surface area (Å²) >= 11 is 2.81. The molecule has 3 N–H and O–H groups in total. The van der Waals surface area contributed by atoms with E-state index in [0.717, 1.165) is 32.7 Å². The van der Waals surface area contributed by atoms with Crippen LogP contribution in [0.3, 0.4) is 0 Å². The van der Waals surface area contributed by atoms with Gasteiger partial charge in [-0.3, -0.25) is 28.9 Å². The monoisotopic (exact) mass is 697 g/mol. The lowest BCUT2D eigenvalue weighted by Crippen LogP contribution is -2.42. The van der Waals surface area contributed by atoms with Crippen molar-refractivity contribution in [1.29, 1.82) is 0 Å². The van der Waals surface area contributed by atoms with E-state index >= 15 is 0 Å². The Morgan fingerprint density at radius 2 is 1.67 bits per heavy atom. The molecule has 3 amide bonds. The number of para-hydroxylation sites is 1. The van der Waals surface area contributed by atoms with E-state index in [9.17, 15) is 24.0 Å². The van der Waals surface area contributed by atoms with E-state index in [1.165, 1.54) is 16.2 Å². The molecule has 252 valence electrons. The van der Waals surface area contributed by atoms with Crippen LogP contribution in [0, 0.1) is 29.6 Å². The number of benzene rings is 3. The molecule has 0 radical (unpaired) electrons. The number of aromatic nitrogens is 1. The van der Waals surface area contributed by atoms with Crippen molar-refractivity contribution in [2.45, 2.75) is 48.3 Å². The first kappa shape index (κ1) is 31.8. The molecule has 2 aliphatic heterocycles. The van der Waals surface area contributed by atoms with Crippen LogP contribution in [0.15, 0.2) is 76.6 Å². The molecule has 10 nitrogen and oxygen atoms in total. The van der Waals surface area contributed by atoms with E-state index in [2.05, 4.69) is 10.3 Å². The van der Waals surface area contributed by atoms with Crippen molar-refractivity contribution >= 4 is 63.2 Å². The summed E-state index contributed by atoms with van der Waals surface area (Å²) in [7, 11) is 0. The van der Waals surface area contributed by atoms with Gasteiger partial charge >= 0.3 is 10.8 Å². The largest absolute Gasteiger partial charge is 0.483 e. The molecule has 8 rings (SSSR count). The Balaban J connectivity index is 1.04. The number of unbranched alkanes of at least 4 members (excludes halogenated alkanes) is 2. The Morgan fingerprint density at radius 1 is 0.918 bits per heavy atom. The summed E-state index contributed by atoms with van der Waals surface area (Å²) in [5.74, 6) is -1.88. The van der Waals surface area contributed by atoms with E-state index in [1.807, 2.05) is 66.7 Å². The highest BCUT2D eigenvalue weighted by molar-refractivity contribution is 8.00. The first-order valence-corrected chi connectivity index (χ1v) is 18.4. The molecule has 2 saturated carbocycles. The number of nitrogens with one attached hydrogen (secondary N) is 2. The maximum absolute atomic E-state index is 13.9. The van der Waals surface area contributed by atoms with Crippen LogP contribution in [0.25, 0.3) is 10.8 Å². The van der Waals surface area contributed by atoms with Crippen LogP contribution in [-0.4, -0.2) is 57.1 Å². The summed E-state index contributed by atoms with van der Waals surface area (Å²) in [6.07, 6.45) is 2.58. The standard InChI is InChI=1S/C37H35N3O7S2/c41-26(38-21-14-13-19-8-3-4-9-20(19)16-21)18-47-25-11-6-5-10-22(25)28-29-23-17-24(32(29)48-34-33(28)49-37(46)39-34)31-30(23)35(44)40(36(31)45)15-7-1-2-12-27(42)43/h3-6,8-11,13-14,16,23-24,28-32H,1-2,7,12,15,17-18H2,(H,38,41)(H,39,46)(H,42,43)/t23?,24?,28-,29?,30?,31?,32?/m1/s1. The van der Waals surface area contributed by atoms with Crippen LogP contribution < -0.4 is 14.9 Å². The van der Waals surface area contributed by atoms with Gasteiger partial charge in [0.05, 0.1) is 16.9 Å². The molecule has 12 heteroatoms. The molecule has 2 bridgehead atoms. The third-order valence-electron chi connectivity index (χ3n) is 10.7. The number of carbonyl (C=O) groups excluding carboxylic acids is 3. The van der Waals surface area contributed by atoms with Gasteiger partial charge in [0.1, 0.15) is 5.75 Å². The number of aromatic amines is 1. The maximum atomic E-state index is 13.9. The van der Waals surface area contributed by atoms with Gasteiger partial charge in [-0.15, -0.1) is 11.8 Å². The van der Waals surface area contributed by atoms with Gasteiger partial charge < -0.3 is 20.1 Å². The van der Waals surface area contributed by atoms with Gasteiger partial charge in [-0.25, -0.2) is 0 Å². The van der Waals surface area contributed by atoms with Gasteiger partial charge in [0.2, 0.25) is 11.8 Å². The second-order valence-electron chi connectivity index (χ2n) is 13.4.